The first-order valence-corrected chi connectivity index (χ1v) is 2.79. The summed E-state index contributed by atoms with van der Waals surface area (Å²) >= 11 is 0. The molecule has 48 valence electrons. The number of nitrogens with one attached hydrogen (secondary N) is 1. The maximum absolute atomic E-state index is 3.80. The van der Waals surface area contributed by atoms with Crippen LogP contribution >= 0.6 is 0 Å². The maximum atomic E-state index is 3.80. The lowest BCUT2D eigenvalue weighted by Crippen LogP contribution is -2.11. The molecule has 0 amide bonds. The fourth-order valence-corrected chi connectivity index (χ4v) is 0.458. The van der Waals surface area contributed by atoms with Gasteiger partial charge in [0.2, 0.25) is 0 Å². The highest BCUT2D eigenvalue weighted by atomic mass is 15.5. The Morgan fingerprint density at radius 2 is 2.33 bits per heavy atom. The van der Waals surface area contributed by atoms with Crippen LogP contribution in [0.1, 0.15) is 13.8 Å². The second kappa shape index (κ2) is 2.42. The normalized spacial score (nSPS) is 15.7. The van der Waals surface area contributed by atoms with E-state index in [1.54, 1.807) is 0 Å². The quantitative estimate of drug-likeness (QED) is 0.548. The van der Waals surface area contributed by atoms with Crippen LogP contribution in [-0.2, 0) is 0 Å². The van der Waals surface area contributed by atoms with Crippen molar-refractivity contribution >= 4 is 11.8 Å². The Hall–Kier alpha value is -1.15. The van der Waals surface area contributed by atoms with Gasteiger partial charge in [0, 0.05) is 5.92 Å². The van der Waals surface area contributed by atoms with Crippen molar-refractivity contribution in [2.75, 3.05) is 0 Å². The molecule has 0 aromatic heterocycles. The predicted molar refractivity (Wildman–Crippen MR) is 35.3 cm³/mol. The summed E-state index contributed by atoms with van der Waals surface area (Å²) in [6.45, 7) is 4.02. The molecule has 0 unspecified atom stereocenters. The highest BCUT2D eigenvalue weighted by Crippen LogP contribution is 1.97. The third kappa shape index (κ3) is 1.37. The van der Waals surface area contributed by atoms with Crippen LogP contribution in [0.4, 0.5) is 0 Å². The summed E-state index contributed by atoms with van der Waals surface area (Å²) in [6, 6.07) is 2.42. The molecule has 1 rings (SSSR count). The molecular formula is C5H8N4. The Labute approximate surface area is 53.4 Å². The third-order valence-corrected chi connectivity index (χ3v) is 0.945. The Morgan fingerprint density at radius 3 is 2.67 bits per heavy atom. The van der Waals surface area contributed by atoms with E-state index in [0.717, 1.165) is 5.84 Å². The van der Waals surface area contributed by atoms with Crippen molar-refractivity contribution in [3.8, 4) is 0 Å². The predicted octanol–water partition coefficient (Wildman–Crippen LogP) is 0.648. The van der Waals surface area contributed by atoms with Crippen molar-refractivity contribution < 1.29 is 0 Å². The lowest BCUT2D eigenvalue weighted by atomic mass is 10.2. The second-order valence-corrected chi connectivity index (χ2v) is 2.05. The number of nitrogens with zero attached hydrogens (tertiary/aromatic N) is 3. The average molecular weight is 124 g/mol. The van der Waals surface area contributed by atoms with Crippen LogP contribution < -0.4 is 5.53 Å². The van der Waals surface area contributed by atoms with Crippen LogP contribution in [0.25, 0.3) is 0 Å². The molecule has 0 saturated heterocycles. The monoisotopic (exact) mass is 124 g/mol. The lowest BCUT2D eigenvalue weighted by molar-refractivity contribution is 0.762. The van der Waals surface area contributed by atoms with E-state index in [0.29, 0.717) is 5.92 Å². The minimum atomic E-state index is 0.334. The van der Waals surface area contributed by atoms with Gasteiger partial charge in [-0.1, -0.05) is 18.9 Å². The smallest absolute Gasteiger partial charge is 0.164 e. The molecule has 0 aromatic carbocycles. The molecule has 9 heavy (non-hydrogen) atoms. The fraction of sp³-hybridized carbons (Fsp3) is 0.600. The average Bonchev–Trinajstić information content (AvgIpc) is 1.90. The SMILES string of the molecule is CC(C)C1=NNN=C=N1. The van der Waals surface area contributed by atoms with Gasteiger partial charge in [-0.2, -0.15) is 10.5 Å². The van der Waals surface area contributed by atoms with Crippen LogP contribution in [0.5, 0.6) is 0 Å². The number of amidine groups is 1. The highest BCUT2D eigenvalue weighted by molar-refractivity contribution is 5.89. The van der Waals surface area contributed by atoms with Crippen LogP contribution in [0.15, 0.2) is 15.2 Å². The zero-order chi connectivity index (χ0) is 6.69. The first-order chi connectivity index (χ1) is 4.30. The summed E-state index contributed by atoms with van der Waals surface area (Å²) in [5.41, 5.74) is 2.42. The zero-order valence-corrected chi connectivity index (χ0v) is 5.42. The van der Waals surface area contributed by atoms with Gasteiger partial charge in [0.1, 0.15) is 6.01 Å². The van der Waals surface area contributed by atoms with E-state index in [1.165, 1.54) is 0 Å². The van der Waals surface area contributed by atoms with E-state index >= 15 is 0 Å². The van der Waals surface area contributed by atoms with Gasteiger partial charge in [0.25, 0.3) is 0 Å². The van der Waals surface area contributed by atoms with Crippen molar-refractivity contribution in [3.05, 3.63) is 0 Å². The number of hydrazone groups is 2. The molecule has 0 bridgehead atoms. The van der Waals surface area contributed by atoms with E-state index < -0.39 is 0 Å². The van der Waals surface area contributed by atoms with Gasteiger partial charge in [-0.05, 0) is 0 Å². The van der Waals surface area contributed by atoms with Crippen LogP contribution in [-0.4, -0.2) is 11.8 Å². The highest BCUT2D eigenvalue weighted by Gasteiger charge is 2.03. The van der Waals surface area contributed by atoms with E-state index in [1.807, 2.05) is 13.8 Å². The number of aliphatic imine (C=N–C) groups is 1. The van der Waals surface area contributed by atoms with Crippen molar-refractivity contribution in [1.82, 2.24) is 5.53 Å². The molecule has 0 aliphatic carbocycles. The van der Waals surface area contributed by atoms with Crippen LogP contribution in [0, 0.1) is 5.92 Å². The molecule has 1 aliphatic heterocycles. The van der Waals surface area contributed by atoms with Crippen molar-refractivity contribution in [1.29, 1.82) is 0 Å². The van der Waals surface area contributed by atoms with E-state index in [4.69, 9.17) is 0 Å². The molecule has 1 aliphatic rings. The molecule has 0 spiro atoms. The maximum Gasteiger partial charge on any atom is 0.164 e. The largest absolute Gasteiger partial charge is 0.187 e. The number of hydrogen-bond donors (Lipinski definition) is 1. The molecule has 1 N–H and O–H groups in total. The number of rotatable bonds is 1. The molecule has 4 nitrogen and oxygen atoms in total. The van der Waals surface area contributed by atoms with Gasteiger partial charge in [0.15, 0.2) is 5.84 Å². The molecular weight excluding hydrogens is 116 g/mol. The van der Waals surface area contributed by atoms with Gasteiger partial charge >= 0.3 is 0 Å². The Balaban J connectivity index is 2.72. The molecule has 4 heteroatoms. The second-order valence-electron chi connectivity index (χ2n) is 2.05. The molecule has 0 radical (unpaired) electrons. The summed E-state index contributed by atoms with van der Waals surface area (Å²) < 4.78 is 0. The fourth-order valence-electron chi connectivity index (χ4n) is 0.458. The molecule has 1 heterocycles. The standard InChI is InChI=1S/C5H8N4/c1-4(2)5-6-3-7-9-8-5/h4,9H,1-2H3. The number of hydrogen-bond acceptors (Lipinski definition) is 4. The Bertz CT molecular complexity index is 185. The summed E-state index contributed by atoms with van der Waals surface area (Å²) in [4.78, 5) is 3.80. The molecule has 0 saturated carbocycles. The first kappa shape index (κ1) is 5.98. The summed E-state index contributed by atoms with van der Waals surface area (Å²) in [5, 5.41) is 7.26. The summed E-state index contributed by atoms with van der Waals surface area (Å²) in [5.74, 6) is 1.07. The Kier molecular flexibility index (Phi) is 1.60. The van der Waals surface area contributed by atoms with Crippen LogP contribution in [0.2, 0.25) is 0 Å². The van der Waals surface area contributed by atoms with Crippen molar-refractivity contribution in [2.24, 2.45) is 21.1 Å². The van der Waals surface area contributed by atoms with Gasteiger partial charge < -0.3 is 0 Å². The van der Waals surface area contributed by atoms with Gasteiger partial charge in [-0.25, -0.2) is 0 Å². The van der Waals surface area contributed by atoms with E-state index in [9.17, 15) is 0 Å². The van der Waals surface area contributed by atoms with Gasteiger partial charge in [-0.15, -0.1) is 5.10 Å². The van der Waals surface area contributed by atoms with E-state index in [-0.39, 0.29) is 0 Å². The third-order valence-electron chi connectivity index (χ3n) is 0.945. The summed E-state index contributed by atoms with van der Waals surface area (Å²) in [6.07, 6.45) is 0. The van der Waals surface area contributed by atoms with E-state index in [2.05, 4.69) is 26.7 Å². The van der Waals surface area contributed by atoms with Gasteiger partial charge in [-0.3, -0.25) is 0 Å². The molecule has 0 aromatic rings. The zero-order valence-electron chi connectivity index (χ0n) is 5.42. The van der Waals surface area contributed by atoms with Crippen molar-refractivity contribution in [3.63, 3.8) is 0 Å². The Morgan fingerprint density at radius 1 is 1.56 bits per heavy atom. The minimum absolute atomic E-state index is 0.334. The molecule has 0 atom stereocenters. The molecule has 0 fully saturated rings. The summed E-state index contributed by atoms with van der Waals surface area (Å²) in [7, 11) is 0. The van der Waals surface area contributed by atoms with Crippen molar-refractivity contribution in [2.45, 2.75) is 13.8 Å². The first-order valence-electron chi connectivity index (χ1n) is 2.79. The lowest BCUT2D eigenvalue weighted by Gasteiger charge is -2.02. The van der Waals surface area contributed by atoms with Crippen LogP contribution in [0.3, 0.4) is 0 Å². The van der Waals surface area contributed by atoms with Gasteiger partial charge in [0.05, 0.1) is 0 Å². The minimum Gasteiger partial charge on any atom is -0.187 e. The topological polar surface area (TPSA) is 49.1 Å².